The number of halogens is 1. The van der Waals surface area contributed by atoms with Crippen LogP contribution in [0.1, 0.15) is 19.4 Å². The van der Waals surface area contributed by atoms with Crippen molar-refractivity contribution in [3.8, 4) is 5.75 Å². The van der Waals surface area contributed by atoms with E-state index in [4.69, 9.17) is 11.6 Å². The summed E-state index contributed by atoms with van der Waals surface area (Å²) in [5.41, 5.74) is 1.89. The summed E-state index contributed by atoms with van der Waals surface area (Å²) < 4.78 is 0. The van der Waals surface area contributed by atoms with E-state index in [0.717, 1.165) is 16.5 Å². The van der Waals surface area contributed by atoms with Gasteiger partial charge >= 0.3 is 0 Å². The maximum Gasteiger partial charge on any atom is 0.125 e. The number of aromatic nitrogens is 1. The highest BCUT2D eigenvalue weighted by atomic mass is 35.5. The SMILES string of the molecule is CC.Cc1cc(O)c2cc(Cl)[nH]c2c1. The van der Waals surface area contributed by atoms with Crippen molar-refractivity contribution in [2.45, 2.75) is 20.8 Å². The van der Waals surface area contributed by atoms with E-state index in [1.54, 1.807) is 12.1 Å². The topological polar surface area (TPSA) is 36.0 Å². The standard InChI is InChI=1S/C9H8ClNO.C2H6/c1-5-2-7-6(8(12)3-5)4-9(10)11-7;1-2/h2-4,11-12H,1H3;1-2H3. The minimum Gasteiger partial charge on any atom is -0.507 e. The average Bonchev–Trinajstić information content (AvgIpc) is 2.49. The number of phenolic OH excluding ortho intramolecular Hbond substituents is 1. The van der Waals surface area contributed by atoms with E-state index in [1.807, 2.05) is 26.8 Å². The van der Waals surface area contributed by atoms with Gasteiger partial charge in [-0.1, -0.05) is 25.4 Å². The highest BCUT2D eigenvalue weighted by Gasteiger charge is 2.03. The van der Waals surface area contributed by atoms with Crippen LogP contribution in [0.2, 0.25) is 5.15 Å². The molecule has 0 saturated carbocycles. The molecule has 0 fully saturated rings. The van der Waals surface area contributed by atoms with E-state index in [2.05, 4.69) is 4.98 Å². The second-order valence-corrected chi connectivity index (χ2v) is 3.27. The van der Waals surface area contributed by atoms with Gasteiger partial charge in [0.1, 0.15) is 10.9 Å². The van der Waals surface area contributed by atoms with Crippen molar-refractivity contribution in [3.05, 3.63) is 28.9 Å². The number of phenols is 1. The summed E-state index contributed by atoms with van der Waals surface area (Å²) in [6.45, 7) is 5.92. The lowest BCUT2D eigenvalue weighted by Crippen LogP contribution is -1.73. The fourth-order valence-corrected chi connectivity index (χ4v) is 1.54. The molecule has 0 spiro atoms. The maximum absolute atomic E-state index is 9.49. The normalized spacial score (nSPS) is 9.71. The van der Waals surface area contributed by atoms with E-state index in [1.165, 1.54) is 0 Å². The lowest BCUT2D eigenvalue weighted by molar-refractivity contribution is 0.481. The zero-order valence-corrected chi connectivity index (χ0v) is 9.31. The van der Waals surface area contributed by atoms with Gasteiger partial charge in [-0.25, -0.2) is 0 Å². The summed E-state index contributed by atoms with van der Waals surface area (Å²) in [7, 11) is 0. The molecule has 3 heteroatoms. The molecule has 0 atom stereocenters. The van der Waals surface area contributed by atoms with Crippen LogP contribution in [0.25, 0.3) is 10.9 Å². The van der Waals surface area contributed by atoms with Crippen LogP contribution in [0.15, 0.2) is 18.2 Å². The smallest absolute Gasteiger partial charge is 0.125 e. The maximum atomic E-state index is 9.49. The van der Waals surface area contributed by atoms with E-state index in [-0.39, 0.29) is 5.75 Å². The van der Waals surface area contributed by atoms with Gasteiger partial charge < -0.3 is 10.1 Å². The number of aromatic hydroxyl groups is 1. The minimum atomic E-state index is 0.271. The molecule has 2 aromatic rings. The highest BCUT2D eigenvalue weighted by molar-refractivity contribution is 6.30. The molecule has 2 nitrogen and oxygen atoms in total. The molecule has 0 aliphatic heterocycles. The van der Waals surface area contributed by atoms with Crippen LogP contribution in [-0.4, -0.2) is 10.1 Å². The van der Waals surface area contributed by atoms with Gasteiger partial charge in [-0.05, 0) is 30.7 Å². The number of hydrogen-bond acceptors (Lipinski definition) is 1. The van der Waals surface area contributed by atoms with E-state index in [0.29, 0.717) is 5.15 Å². The minimum absolute atomic E-state index is 0.271. The molecule has 0 aliphatic rings. The van der Waals surface area contributed by atoms with Gasteiger partial charge in [0.15, 0.2) is 0 Å². The van der Waals surface area contributed by atoms with Gasteiger partial charge in [0.05, 0.1) is 5.52 Å². The molecular weight excluding hydrogens is 198 g/mol. The van der Waals surface area contributed by atoms with Crippen molar-refractivity contribution < 1.29 is 5.11 Å². The molecule has 0 aliphatic carbocycles. The van der Waals surface area contributed by atoms with Crippen LogP contribution in [-0.2, 0) is 0 Å². The van der Waals surface area contributed by atoms with E-state index < -0.39 is 0 Å². The van der Waals surface area contributed by atoms with Crippen LogP contribution in [0, 0.1) is 6.92 Å². The first-order valence-corrected chi connectivity index (χ1v) is 5.02. The van der Waals surface area contributed by atoms with Crippen molar-refractivity contribution in [2.24, 2.45) is 0 Å². The second kappa shape index (κ2) is 4.38. The van der Waals surface area contributed by atoms with Crippen LogP contribution >= 0.6 is 11.6 Å². The molecule has 1 aromatic carbocycles. The first kappa shape index (κ1) is 10.9. The molecular formula is C11H14ClNO. The molecule has 2 rings (SSSR count). The first-order valence-electron chi connectivity index (χ1n) is 4.64. The van der Waals surface area contributed by atoms with E-state index >= 15 is 0 Å². The molecule has 2 N–H and O–H groups in total. The van der Waals surface area contributed by atoms with Gasteiger partial charge in [-0.3, -0.25) is 0 Å². The number of aromatic amines is 1. The van der Waals surface area contributed by atoms with Gasteiger partial charge in [-0.2, -0.15) is 0 Å². The zero-order chi connectivity index (χ0) is 10.7. The second-order valence-electron chi connectivity index (χ2n) is 2.86. The Kier molecular flexibility index (Phi) is 3.42. The summed E-state index contributed by atoms with van der Waals surface area (Å²) in [4.78, 5) is 2.95. The van der Waals surface area contributed by atoms with Crippen LogP contribution in [0.5, 0.6) is 5.75 Å². The molecule has 0 unspecified atom stereocenters. The van der Waals surface area contributed by atoms with E-state index in [9.17, 15) is 5.11 Å². The molecule has 0 radical (unpaired) electrons. The monoisotopic (exact) mass is 211 g/mol. The molecule has 0 saturated heterocycles. The fraction of sp³-hybridized carbons (Fsp3) is 0.273. The predicted octanol–water partition coefficient (Wildman–Crippen LogP) is 3.86. The Morgan fingerprint density at radius 3 is 2.50 bits per heavy atom. The zero-order valence-electron chi connectivity index (χ0n) is 8.56. The summed E-state index contributed by atoms with van der Waals surface area (Å²) >= 11 is 5.74. The number of benzene rings is 1. The average molecular weight is 212 g/mol. The third-order valence-electron chi connectivity index (χ3n) is 1.83. The van der Waals surface area contributed by atoms with Crippen LogP contribution in [0.4, 0.5) is 0 Å². The molecule has 1 heterocycles. The van der Waals surface area contributed by atoms with Crippen LogP contribution in [0.3, 0.4) is 0 Å². The molecule has 0 bridgehead atoms. The number of fused-ring (bicyclic) bond motifs is 1. The number of H-pyrrole nitrogens is 1. The largest absolute Gasteiger partial charge is 0.507 e. The Hall–Kier alpha value is -1.15. The van der Waals surface area contributed by atoms with Crippen molar-refractivity contribution in [3.63, 3.8) is 0 Å². The molecule has 1 aromatic heterocycles. The van der Waals surface area contributed by atoms with Crippen molar-refractivity contribution in [2.75, 3.05) is 0 Å². The lowest BCUT2D eigenvalue weighted by Gasteiger charge is -1.96. The van der Waals surface area contributed by atoms with Gasteiger partial charge in [0.2, 0.25) is 0 Å². The van der Waals surface area contributed by atoms with Crippen molar-refractivity contribution in [1.29, 1.82) is 0 Å². The Morgan fingerprint density at radius 2 is 1.86 bits per heavy atom. The van der Waals surface area contributed by atoms with Crippen molar-refractivity contribution in [1.82, 2.24) is 4.98 Å². The summed E-state index contributed by atoms with van der Waals surface area (Å²) in [5.74, 6) is 0.271. The molecule has 0 amide bonds. The van der Waals surface area contributed by atoms with Crippen molar-refractivity contribution >= 4 is 22.5 Å². The lowest BCUT2D eigenvalue weighted by atomic mass is 10.2. The predicted molar refractivity (Wildman–Crippen MR) is 61.1 cm³/mol. The highest BCUT2D eigenvalue weighted by Crippen LogP contribution is 2.28. The number of aryl methyl sites for hydroxylation is 1. The van der Waals surface area contributed by atoms with Gasteiger partial charge in [0.25, 0.3) is 0 Å². The fourth-order valence-electron chi connectivity index (χ4n) is 1.33. The third kappa shape index (κ3) is 2.02. The Bertz CT molecular complexity index is 434. The quantitative estimate of drug-likeness (QED) is 0.682. The number of rotatable bonds is 0. The third-order valence-corrected chi connectivity index (χ3v) is 2.03. The Balaban J connectivity index is 0.000000461. The summed E-state index contributed by atoms with van der Waals surface area (Å²) in [6.07, 6.45) is 0. The van der Waals surface area contributed by atoms with Gasteiger partial charge in [0, 0.05) is 5.39 Å². The summed E-state index contributed by atoms with van der Waals surface area (Å²) in [5, 5.41) is 10.8. The number of nitrogens with one attached hydrogen (secondary N) is 1. The molecule has 76 valence electrons. The van der Waals surface area contributed by atoms with Gasteiger partial charge in [-0.15, -0.1) is 0 Å². The Labute approximate surface area is 88.5 Å². The Morgan fingerprint density at radius 1 is 1.21 bits per heavy atom. The van der Waals surface area contributed by atoms with Crippen LogP contribution < -0.4 is 0 Å². The number of hydrogen-bond donors (Lipinski definition) is 2. The first-order chi connectivity index (χ1) is 6.66. The summed E-state index contributed by atoms with van der Waals surface area (Å²) in [6, 6.07) is 5.37. The molecule has 14 heavy (non-hydrogen) atoms.